The van der Waals surface area contributed by atoms with E-state index in [0.29, 0.717) is 17.4 Å². The number of nitrogens with zero attached hydrogens (tertiary/aromatic N) is 1. The van der Waals surface area contributed by atoms with Crippen molar-refractivity contribution in [3.8, 4) is 17.6 Å². The highest BCUT2D eigenvalue weighted by molar-refractivity contribution is 5.43. The monoisotopic (exact) mass is 248 g/mol. The SMILES string of the molecule is COc1ccc(CNCC(C)C)cc1OCC#N. The van der Waals surface area contributed by atoms with Crippen LogP contribution in [0, 0.1) is 17.2 Å². The first kappa shape index (κ1) is 14.3. The molecule has 4 heteroatoms. The van der Waals surface area contributed by atoms with E-state index in [1.165, 1.54) is 0 Å². The number of hydrogen-bond acceptors (Lipinski definition) is 4. The van der Waals surface area contributed by atoms with Crippen LogP contribution in [0.15, 0.2) is 18.2 Å². The summed E-state index contributed by atoms with van der Waals surface area (Å²) in [5, 5.41) is 11.9. The zero-order valence-electron chi connectivity index (χ0n) is 11.2. The molecule has 0 bridgehead atoms. The lowest BCUT2D eigenvalue weighted by Crippen LogP contribution is -2.18. The highest BCUT2D eigenvalue weighted by Crippen LogP contribution is 2.27. The van der Waals surface area contributed by atoms with E-state index < -0.39 is 0 Å². The van der Waals surface area contributed by atoms with Gasteiger partial charge in [-0.3, -0.25) is 0 Å². The third-order valence-electron chi connectivity index (χ3n) is 2.40. The molecule has 1 aromatic rings. The van der Waals surface area contributed by atoms with Gasteiger partial charge >= 0.3 is 0 Å². The Hall–Kier alpha value is -1.73. The molecule has 0 heterocycles. The van der Waals surface area contributed by atoms with Crippen LogP contribution in [0.5, 0.6) is 11.5 Å². The van der Waals surface area contributed by atoms with Gasteiger partial charge in [-0.25, -0.2) is 0 Å². The standard InChI is InChI=1S/C14H20N2O2/c1-11(2)9-16-10-12-4-5-13(17-3)14(8-12)18-7-6-15/h4-5,8,11,16H,7,9-10H2,1-3H3. The first-order valence-electron chi connectivity index (χ1n) is 6.04. The molecule has 0 unspecified atom stereocenters. The van der Waals surface area contributed by atoms with Crippen LogP contribution < -0.4 is 14.8 Å². The first-order valence-corrected chi connectivity index (χ1v) is 6.04. The molecule has 0 fully saturated rings. The molecule has 0 atom stereocenters. The van der Waals surface area contributed by atoms with Gasteiger partial charge < -0.3 is 14.8 Å². The second-order valence-corrected chi connectivity index (χ2v) is 4.46. The van der Waals surface area contributed by atoms with Crippen molar-refractivity contribution in [1.29, 1.82) is 5.26 Å². The molecule has 0 saturated heterocycles. The second-order valence-electron chi connectivity index (χ2n) is 4.46. The Balaban J connectivity index is 2.67. The number of nitrogens with one attached hydrogen (secondary N) is 1. The van der Waals surface area contributed by atoms with E-state index in [0.717, 1.165) is 18.7 Å². The molecule has 18 heavy (non-hydrogen) atoms. The summed E-state index contributed by atoms with van der Waals surface area (Å²) in [5.41, 5.74) is 1.12. The van der Waals surface area contributed by atoms with Gasteiger partial charge in [0.2, 0.25) is 0 Å². The third-order valence-corrected chi connectivity index (χ3v) is 2.40. The van der Waals surface area contributed by atoms with E-state index in [4.69, 9.17) is 14.7 Å². The Morgan fingerprint density at radius 2 is 2.11 bits per heavy atom. The molecule has 98 valence electrons. The number of hydrogen-bond donors (Lipinski definition) is 1. The van der Waals surface area contributed by atoms with E-state index in [1.54, 1.807) is 7.11 Å². The van der Waals surface area contributed by atoms with Crippen LogP contribution in [0.4, 0.5) is 0 Å². The fraction of sp³-hybridized carbons (Fsp3) is 0.500. The second kappa shape index (κ2) is 7.57. The van der Waals surface area contributed by atoms with Crippen LogP contribution in [0.2, 0.25) is 0 Å². The maximum absolute atomic E-state index is 8.53. The highest BCUT2D eigenvalue weighted by Gasteiger charge is 2.05. The zero-order valence-corrected chi connectivity index (χ0v) is 11.2. The quantitative estimate of drug-likeness (QED) is 0.804. The highest BCUT2D eigenvalue weighted by atomic mass is 16.5. The number of rotatable bonds is 7. The van der Waals surface area contributed by atoms with Crippen LogP contribution >= 0.6 is 0 Å². The Morgan fingerprint density at radius 3 is 2.72 bits per heavy atom. The van der Waals surface area contributed by atoms with Gasteiger partial charge in [-0.15, -0.1) is 0 Å². The lowest BCUT2D eigenvalue weighted by atomic mass is 10.2. The first-order chi connectivity index (χ1) is 8.67. The van der Waals surface area contributed by atoms with Crippen molar-refractivity contribution >= 4 is 0 Å². The van der Waals surface area contributed by atoms with Crippen molar-refractivity contribution in [2.45, 2.75) is 20.4 Å². The Kier molecular flexibility index (Phi) is 6.03. The normalized spacial score (nSPS) is 10.2. The van der Waals surface area contributed by atoms with Crippen LogP contribution in [0.3, 0.4) is 0 Å². The summed E-state index contributed by atoms with van der Waals surface area (Å²) in [6.45, 7) is 6.12. The number of ether oxygens (including phenoxy) is 2. The summed E-state index contributed by atoms with van der Waals surface area (Å²) in [4.78, 5) is 0. The van der Waals surface area contributed by atoms with Gasteiger partial charge in [0.1, 0.15) is 6.07 Å². The fourth-order valence-electron chi connectivity index (χ4n) is 1.56. The maximum Gasteiger partial charge on any atom is 0.174 e. The Labute approximate surface area is 109 Å². The van der Waals surface area contributed by atoms with Gasteiger partial charge in [0.15, 0.2) is 18.1 Å². The minimum absolute atomic E-state index is 0.0270. The van der Waals surface area contributed by atoms with Gasteiger partial charge in [0, 0.05) is 6.54 Å². The van der Waals surface area contributed by atoms with Gasteiger partial charge in [0.05, 0.1) is 7.11 Å². The fourth-order valence-corrected chi connectivity index (χ4v) is 1.56. The predicted octanol–water partition coefficient (Wildman–Crippen LogP) is 2.34. The van der Waals surface area contributed by atoms with Gasteiger partial charge in [-0.1, -0.05) is 19.9 Å². The van der Waals surface area contributed by atoms with Gasteiger partial charge in [-0.2, -0.15) is 5.26 Å². The summed E-state index contributed by atoms with van der Waals surface area (Å²) >= 11 is 0. The van der Waals surface area contributed by atoms with Crippen molar-refractivity contribution < 1.29 is 9.47 Å². The van der Waals surface area contributed by atoms with E-state index >= 15 is 0 Å². The molecule has 0 saturated carbocycles. The smallest absolute Gasteiger partial charge is 0.174 e. The topological polar surface area (TPSA) is 54.3 Å². The van der Waals surface area contributed by atoms with Crippen LogP contribution in [0.1, 0.15) is 19.4 Å². The number of nitriles is 1. The molecular formula is C14H20N2O2. The molecule has 0 aliphatic rings. The average Bonchev–Trinajstić information content (AvgIpc) is 2.36. The molecule has 0 aliphatic heterocycles. The molecule has 0 spiro atoms. The largest absolute Gasteiger partial charge is 0.493 e. The lowest BCUT2D eigenvalue weighted by Gasteiger charge is -2.11. The zero-order chi connectivity index (χ0) is 13.4. The van der Waals surface area contributed by atoms with Crippen molar-refractivity contribution in [3.05, 3.63) is 23.8 Å². The van der Waals surface area contributed by atoms with Crippen molar-refractivity contribution in [3.63, 3.8) is 0 Å². The van der Waals surface area contributed by atoms with E-state index in [2.05, 4.69) is 19.2 Å². The summed E-state index contributed by atoms with van der Waals surface area (Å²) < 4.78 is 10.5. The summed E-state index contributed by atoms with van der Waals surface area (Å²) in [6.07, 6.45) is 0. The molecule has 1 rings (SSSR count). The molecule has 1 aromatic carbocycles. The van der Waals surface area contributed by atoms with E-state index in [-0.39, 0.29) is 6.61 Å². The minimum Gasteiger partial charge on any atom is -0.493 e. The van der Waals surface area contributed by atoms with E-state index in [9.17, 15) is 0 Å². The molecule has 0 radical (unpaired) electrons. The number of benzene rings is 1. The molecule has 0 aromatic heterocycles. The van der Waals surface area contributed by atoms with Gasteiger partial charge in [0.25, 0.3) is 0 Å². The molecular weight excluding hydrogens is 228 g/mol. The Bertz CT molecular complexity index is 411. The van der Waals surface area contributed by atoms with Crippen molar-refractivity contribution in [2.24, 2.45) is 5.92 Å². The Morgan fingerprint density at radius 1 is 1.33 bits per heavy atom. The maximum atomic E-state index is 8.53. The van der Waals surface area contributed by atoms with Crippen molar-refractivity contribution in [1.82, 2.24) is 5.32 Å². The molecule has 4 nitrogen and oxygen atoms in total. The summed E-state index contributed by atoms with van der Waals surface area (Å²) in [6, 6.07) is 7.71. The average molecular weight is 248 g/mol. The summed E-state index contributed by atoms with van der Waals surface area (Å²) in [5.74, 6) is 1.89. The van der Waals surface area contributed by atoms with Crippen LogP contribution in [0.25, 0.3) is 0 Å². The van der Waals surface area contributed by atoms with Gasteiger partial charge in [-0.05, 0) is 30.2 Å². The minimum atomic E-state index is 0.0270. The van der Waals surface area contributed by atoms with Crippen LogP contribution in [-0.2, 0) is 6.54 Å². The third kappa shape index (κ3) is 4.64. The molecule has 0 aliphatic carbocycles. The van der Waals surface area contributed by atoms with Crippen molar-refractivity contribution in [2.75, 3.05) is 20.3 Å². The van der Waals surface area contributed by atoms with E-state index in [1.807, 2.05) is 24.3 Å². The van der Waals surface area contributed by atoms with Crippen LogP contribution in [-0.4, -0.2) is 20.3 Å². The molecule has 0 amide bonds. The predicted molar refractivity (Wildman–Crippen MR) is 70.6 cm³/mol. The lowest BCUT2D eigenvalue weighted by molar-refractivity contribution is 0.329. The molecule has 1 N–H and O–H groups in total. The summed E-state index contributed by atoms with van der Waals surface area (Å²) in [7, 11) is 1.59. The number of methoxy groups -OCH3 is 1.